The molecule has 0 spiro atoms. The fourth-order valence-corrected chi connectivity index (χ4v) is 3.43. The Morgan fingerprint density at radius 1 is 1.07 bits per heavy atom. The van der Waals surface area contributed by atoms with Crippen LogP contribution in [-0.2, 0) is 22.4 Å². The highest BCUT2D eigenvalue weighted by Gasteiger charge is 2.33. The average molecular weight is 367 g/mol. The zero-order chi connectivity index (χ0) is 19.0. The summed E-state index contributed by atoms with van der Waals surface area (Å²) in [5.74, 6) is -0.665. The molecule has 0 saturated carbocycles. The van der Waals surface area contributed by atoms with Crippen LogP contribution in [0.15, 0.2) is 36.4 Å². The fraction of sp³-hybridized carbons (Fsp3) is 0.250. The van der Waals surface area contributed by atoms with Gasteiger partial charge in [0.2, 0.25) is 12.7 Å². The Morgan fingerprint density at radius 2 is 1.89 bits per heavy atom. The number of hydrogen-bond acceptors (Lipinski definition) is 5. The minimum atomic E-state index is -0.927. The molecule has 0 unspecified atom stereocenters. The van der Waals surface area contributed by atoms with Gasteiger partial charge in [-0.1, -0.05) is 18.2 Å². The van der Waals surface area contributed by atoms with E-state index in [4.69, 9.17) is 14.6 Å². The van der Waals surface area contributed by atoms with Crippen LogP contribution in [0.4, 0.5) is 5.69 Å². The molecular formula is C20H17NO6. The van der Waals surface area contributed by atoms with Crippen molar-refractivity contribution in [3.8, 4) is 11.5 Å². The summed E-state index contributed by atoms with van der Waals surface area (Å²) in [4.78, 5) is 37.9. The van der Waals surface area contributed by atoms with Gasteiger partial charge in [-0.2, -0.15) is 0 Å². The van der Waals surface area contributed by atoms with Gasteiger partial charge in [-0.05, 0) is 42.2 Å². The summed E-state index contributed by atoms with van der Waals surface area (Å²) in [6, 6.07) is 10.3. The molecule has 138 valence electrons. The highest BCUT2D eigenvalue weighted by Crippen LogP contribution is 2.36. The summed E-state index contributed by atoms with van der Waals surface area (Å²) in [5.41, 5.74) is 2.37. The number of aryl methyl sites for hydroxylation is 2. The third-order valence-electron chi connectivity index (χ3n) is 4.72. The number of amides is 2. The molecule has 2 aromatic carbocycles. The Hall–Kier alpha value is -3.35. The number of carbonyl (C=O) groups excluding carboxylic acids is 2. The number of rotatable bonds is 4. The van der Waals surface area contributed by atoms with Crippen LogP contribution >= 0.6 is 0 Å². The lowest BCUT2D eigenvalue weighted by atomic mass is 9.94. The average Bonchev–Trinajstić information content (AvgIpc) is 3.13. The van der Waals surface area contributed by atoms with E-state index in [-0.39, 0.29) is 32.0 Å². The number of hydrogen-bond donors (Lipinski definition) is 1. The molecule has 0 bridgehead atoms. The van der Waals surface area contributed by atoms with Crippen LogP contribution in [0.3, 0.4) is 0 Å². The van der Waals surface area contributed by atoms with Gasteiger partial charge in [0.05, 0.1) is 5.69 Å². The van der Waals surface area contributed by atoms with Gasteiger partial charge in [0, 0.05) is 18.4 Å². The second kappa shape index (κ2) is 6.75. The molecule has 0 aromatic heterocycles. The van der Waals surface area contributed by atoms with Gasteiger partial charge in [0.1, 0.15) is 0 Å². The van der Waals surface area contributed by atoms with E-state index in [1.165, 1.54) is 4.90 Å². The van der Waals surface area contributed by atoms with Crippen molar-refractivity contribution in [2.75, 3.05) is 11.7 Å². The molecule has 2 aliphatic rings. The number of nitrogens with zero attached hydrogens (tertiary/aromatic N) is 1. The molecule has 0 fully saturated rings. The largest absolute Gasteiger partial charge is 0.481 e. The van der Waals surface area contributed by atoms with Gasteiger partial charge in [-0.25, -0.2) is 4.90 Å². The number of carboxylic acids is 1. The van der Waals surface area contributed by atoms with Crippen molar-refractivity contribution in [2.45, 2.75) is 25.7 Å². The first-order valence-corrected chi connectivity index (χ1v) is 8.64. The molecule has 7 heteroatoms. The highest BCUT2D eigenvalue weighted by molar-refractivity contribution is 6.22. The molecule has 2 aromatic rings. The van der Waals surface area contributed by atoms with Crippen molar-refractivity contribution < 1.29 is 29.0 Å². The van der Waals surface area contributed by atoms with Crippen LogP contribution < -0.4 is 14.4 Å². The number of imide groups is 1. The van der Waals surface area contributed by atoms with Gasteiger partial charge < -0.3 is 14.6 Å². The molecule has 0 aliphatic carbocycles. The molecule has 2 heterocycles. The Balaban J connectivity index is 1.74. The predicted octanol–water partition coefficient (Wildman–Crippen LogP) is 2.55. The Morgan fingerprint density at radius 3 is 2.70 bits per heavy atom. The molecule has 2 amide bonds. The standard InChI is InChI=1S/C20H17NO6/c22-17-8-5-12-2-1-3-13(6-9-18(23)24)19(12)21(17)20(25)14-4-7-15-16(10-14)27-11-26-15/h1-4,7,10H,5-6,8-9,11H2,(H,23,24). The van der Waals surface area contributed by atoms with E-state index < -0.39 is 11.9 Å². The van der Waals surface area contributed by atoms with E-state index in [0.29, 0.717) is 34.7 Å². The summed E-state index contributed by atoms with van der Waals surface area (Å²) in [7, 11) is 0. The Bertz CT molecular complexity index is 951. The molecule has 0 saturated heterocycles. The quantitative estimate of drug-likeness (QED) is 0.835. The fourth-order valence-electron chi connectivity index (χ4n) is 3.43. The number of anilines is 1. The van der Waals surface area contributed by atoms with Crippen molar-refractivity contribution in [2.24, 2.45) is 0 Å². The van der Waals surface area contributed by atoms with E-state index in [0.717, 1.165) is 5.56 Å². The minimum Gasteiger partial charge on any atom is -0.481 e. The third kappa shape index (κ3) is 3.12. The first kappa shape index (κ1) is 17.1. The van der Waals surface area contributed by atoms with Crippen molar-refractivity contribution in [3.63, 3.8) is 0 Å². The molecule has 4 rings (SSSR count). The summed E-state index contributed by atoms with van der Waals surface area (Å²) in [5, 5.41) is 9.00. The van der Waals surface area contributed by atoms with Gasteiger partial charge in [0.15, 0.2) is 11.5 Å². The monoisotopic (exact) mass is 367 g/mol. The molecule has 1 N–H and O–H groups in total. The SMILES string of the molecule is O=C(O)CCc1cccc2c1N(C(=O)c1ccc3c(c1)OCO3)C(=O)CC2. The van der Waals surface area contributed by atoms with E-state index in [9.17, 15) is 14.4 Å². The highest BCUT2D eigenvalue weighted by atomic mass is 16.7. The van der Waals surface area contributed by atoms with Crippen molar-refractivity contribution >= 4 is 23.5 Å². The summed E-state index contributed by atoms with van der Waals surface area (Å²) >= 11 is 0. The maximum absolute atomic E-state index is 13.2. The number of carbonyl (C=O) groups is 3. The normalized spacial score (nSPS) is 14.8. The maximum Gasteiger partial charge on any atom is 0.303 e. The molecule has 27 heavy (non-hydrogen) atoms. The molecule has 7 nitrogen and oxygen atoms in total. The topological polar surface area (TPSA) is 93.1 Å². The lowest BCUT2D eigenvalue weighted by molar-refractivity contribution is -0.137. The van der Waals surface area contributed by atoms with Crippen molar-refractivity contribution in [3.05, 3.63) is 53.1 Å². The molecule has 2 aliphatic heterocycles. The Labute approximate surface area is 155 Å². The van der Waals surface area contributed by atoms with E-state index >= 15 is 0 Å². The third-order valence-corrected chi connectivity index (χ3v) is 4.72. The van der Waals surface area contributed by atoms with Crippen LogP contribution in [0, 0.1) is 0 Å². The van der Waals surface area contributed by atoms with Crippen LogP contribution in [0.5, 0.6) is 11.5 Å². The van der Waals surface area contributed by atoms with E-state index in [1.807, 2.05) is 12.1 Å². The first-order chi connectivity index (χ1) is 13.0. The maximum atomic E-state index is 13.2. The van der Waals surface area contributed by atoms with Gasteiger partial charge in [-0.3, -0.25) is 14.4 Å². The van der Waals surface area contributed by atoms with Crippen LogP contribution in [-0.4, -0.2) is 29.7 Å². The van der Waals surface area contributed by atoms with Gasteiger partial charge >= 0.3 is 5.97 Å². The number of benzene rings is 2. The van der Waals surface area contributed by atoms with Gasteiger partial charge in [-0.15, -0.1) is 0 Å². The zero-order valence-corrected chi connectivity index (χ0v) is 14.4. The van der Waals surface area contributed by atoms with Crippen molar-refractivity contribution in [1.29, 1.82) is 0 Å². The number of fused-ring (bicyclic) bond motifs is 2. The van der Waals surface area contributed by atoms with E-state index in [1.54, 1.807) is 24.3 Å². The van der Waals surface area contributed by atoms with Gasteiger partial charge in [0.25, 0.3) is 5.91 Å². The lowest BCUT2D eigenvalue weighted by Crippen LogP contribution is -2.41. The number of aliphatic carboxylic acids is 1. The Kier molecular flexibility index (Phi) is 4.27. The van der Waals surface area contributed by atoms with Crippen LogP contribution in [0.25, 0.3) is 0 Å². The second-order valence-corrected chi connectivity index (χ2v) is 6.42. The molecular weight excluding hydrogens is 350 g/mol. The molecule has 0 atom stereocenters. The van der Waals surface area contributed by atoms with Crippen molar-refractivity contribution in [1.82, 2.24) is 0 Å². The zero-order valence-electron chi connectivity index (χ0n) is 14.4. The smallest absolute Gasteiger partial charge is 0.303 e. The second-order valence-electron chi connectivity index (χ2n) is 6.42. The summed E-state index contributed by atoms with van der Waals surface area (Å²) in [6.07, 6.45) is 0.930. The summed E-state index contributed by atoms with van der Waals surface area (Å²) in [6.45, 7) is 0.0950. The number of ether oxygens (including phenoxy) is 2. The predicted molar refractivity (Wildman–Crippen MR) is 95.1 cm³/mol. The van der Waals surface area contributed by atoms with Crippen LogP contribution in [0.1, 0.15) is 34.3 Å². The number of para-hydroxylation sites is 1. The molecule has 0 radical (unpaired) electrons. The summed E-state index contributed by atoms with van der Waals surface area (Å²) < 4.78 is 10.6. The van der Waals surface area contributed by atoms with E-state index in [2.05, 4.69) is 0 Å². The first-order valence-electron chi connectivity index (χ1n) is 8.64. The lowest BCUT2D eigenvalue weighted by Gasteiger charge is -2.30. The minimum absolute atomic E-state index is 0.0727. The number of carboxylic acid groups (broad SMARTS) is 1. The van der Waals surface area contributed by atoms with Crippen LogP contribution in [0.2, 0.25) is 0 Å².